The van der Waals surface area contributed by atoms with Gasteiger partial charge in [-0.15, -0.1) is 0 Å². The predicted molar refractivity (Wildman–Crippen MR) is 66.6 cm³/mol. The summed E-state index contributed by atoms with van der Waals surface area (Å²) in [5.74, 6) is 0. The van der Waals surface area contributed by atoms with Gasteiger partial charge in [0, 0.05) is 11.7 Å². The van der Waals surface area contributed by atoms with Crippen LogP contribution >= 0.6 is 0 Å². The van der Waals surface area contributed by atoms with E-state index in [-0.39, 0.29) is 0 Å². The summed E-state index contributed by atoms with van der Waals surface area (Å²) >= 11 is 0. The van der Waals surface area contributed by atoms with Gasteiger partial charge in [0.25, 0.3) is 0 Å². The van der Waals surface area contributed by atoms with Gasteiger partial charge in [-0.25, -0.2) is 0 Å². The van der Waals surface area contributed by atoms with Crippen LogP contribution in [0.2, 0.25) is 0 Å². The smallest absolute Gasteiger partial charge is 0.0596 e. The van der Waals surface area contributed by atoms with Crippen LogP contribution in [0.3, 0.4) is 0 Å². The lowest BCUT2D eigenvalue weighted by molar-refractivity contribution is 0.226. The molecule has 3 nitrogen and oxygen atoms in total. The topological polar surface area (TPSA) is 21.1 Å². The minimum atomic E-state index is 0.706. The van der Waals surface area contributed by atoms with E-state index in [1.807, 2.05) is 0 Å². The van der Waals surface area contributed by atoms with Crippen molar-refractivity contribution in [2.45, 2.75) is 52.6 Å². The van der Waals surface area contributed by atoms with Gasteiger partial charge in [0.05, 0.1) is 12.2 Å². The maximum absolute atomic E-state index is 4.56. The third-order valence-electron chi connectivity index (χ3n) is 3.50. The minimum Gasteiger partial charge on any atom is -0.299 e. The first-order valence-electron chi connectivity index (χ1n) is 6.46. The highest BCUT2D eigenvalue weighted by Gasteiger charge is 2.24. The zero-order chi connectivity index (χ0) is 11.5. The van der Waals surface area contributed by atoms with Crippen molar-refractivity contribution in [2.24, 2.45) is 0 Å². The summed E-state index contributed by atoms with van der Waals surface area (Å²) in [6, 6.07) is 2.87. The molecule has 1 aromatic heterocycles. The van der Waals surface area contributed by atoms with Crippen LogP contribution < -0.4 is 0 Å². The van der Waals surface area contributed by atoms with Gasteiger partial charge in [-0.1, -0.05) is 6.92 Å². The van der Waals surface area contributed by atoms with Crippen molar-refractivity contribution in [3.63, 3.8) is 0 Å². The average molecular weight is 221 g/mol. The van der Waals surface area contributed by atoms with Crippen LogP contribution in [0, 0.1) is 13.8 Å². The third kappa shape index (κ3) is 2.46. The molecule has 0 unspecified atom stereocenters. The lowest BCUT2D eigenvalue weighted by Crippen LogP contribution is -2.34. The van der Waals surface area contributed by atoms with Crippen molar-refractivity contribution in [3.8, 4) is 0 Å². The highest BCUT2D eigenvalue weighted by Crippen LogP contribution is 2.19. The Hall–Kier alpha value is -0.830. The second-order valence-electron chi connectivity index (χ2n) is 4.94. The van der Waals surface area contributed by atoms with Crippen molar-refractivity contribution >= 4 is 0 Å². The first kappa shape index (κ1) is 11.6. The normalized spacial score (nSPS) is 21.8. The first-order valence-corrected chi connectivity index (χ1v) is 6.46. The lowest BCUT2D eigenvalue weighted by atomic mass is 10.2. The minimum absolute atomic E-state index is 0.706. The maximum atomic E-state index is 4.56. The van der Waals surface area contributed by atoms with Gasteiger partial charge in [0.2, 0.25) is 0 Å². The van der Waals surface area contributed by atoms with Gasteiger partial charge in [0.1, 0.15) is 0 Å². The summed E-state index contributed by atoms with van der Waals surface area (Å²) < 4.78 is 2.17. The van der Waals surface area contributed by atoms with E-state index in [4.69, 9.17) is 0 Å². The zero-order valence-electron chi connectivity index (χ0n) is 10.7. The fourth-order valence-electron chi connectivity index (χ4n) is 2.74. The highest BCUT2D eigenvalue weighted by atomic mass is 15.3. The van der Waals surface area contributed by atoms with E-state index >= 15 is 0 Å². The summed E-state index contributed by atoms with van der Waals surface area (Å²) in [5, 5.41) is 4.56. The molecule has 1 aliphatic rings. The molecule has 1 fully saturated rings. The van der Waals surface area contributed by atoms with E-state index in [9.17, 15) is 0 Å². The van der Waals surface area contributed by atoms with Gasteiger partial charge in [-0.05, 0) is 52.3 Å². The quantitative estimate of drug-likeness (QED) is 0.778. The van der Waals surface area contributed by atoms with Crippen LogP contribution in [-0.2, 0) is 6.54 Å². The van der Waals surface area contributed by atoms with Crippen LogP contribution in [-0.4, -0.2) is 33.8 Å². The Morgan fingerprint density at radius 1 is 1.44 bits per heavy atom. The number of likely N-dealkylation sites (tertiary alicyclic amines) is 1. The van der Waals surface area contributed by atoms with Crippen LogP contribution in [0.4, 0.5) is 0 Å². The largest absolute Gasteiger partial charge is 0.299 e. The number of aryl methyl sites for hydroxylation is 2. The Kier molecular flexibility index (Phi) is 3.64. The van der Waals surface area contributed by atoms with Gasteiger partial charge in [0.15, 0.2) is 0 Å². The van der Waals surface area contributed by atoms with Crippen LogP contribution in [0.1, 0.15) is 37.6 Å². The molecule has 0 aromatic carbocycles. The molecule has 1 saturated heterocycles. The van der Waals surface area contributed by atoms with Crippen LogP contribution in [0.25, 0.3) is 0 Å². The molecule has 90 valence electrons. The molecule has 0 aliphatic carbocycles. The van der Waals surface area contributed by atoms with Crippen LogP contribution in [0.5, 0.6) is 0 Å². The van der Waals surface area contributed by atoms with Gasteiger partial charge < -0.3 is 0 Å². The van der Waals surface area contributed by atoms with Crippen molar-refractivity contribution < 1.29 is 0 Å². The van der Waals surface area contributed by atoms with Gasteiger partial charge in [-0.3, -0.25) is 9.58 Å². The average Bonchev–Trinajstić information content (AvgIpc) is 2.77. The molecule has 1 aliphatic heterocycles. The van der Waals surface area contributed by atoms with E-state index < -0.39 is 0 Å². The maximum Gasteiger partial charge on any atom is 0.0596 e. The molecule has 1 aromatic rings. The van der Waals surface area contributed by atoms with E-state index in [1.54, 1.807) is 0 Å². The lowest BCUT2D eigenvalue weighted by Gasteiger charge is -2.24. The molecule has 0 N–H and O–H groups in total. The Morgan fingerprint density at radius 2 is 2.25 bits per heavy atom. The highest BCUT2D eigenvalue weighted by molar-refractivity contribution is 5.06. The molecule has 1 atom stereocenters. The van der Waals surface area contributed by atoms with Crippen LogP contribution in [0.15, 0.2) is 6.07 Å². The molecule has 0 spiro atoms. The fraction of sp³-hybridized carbons (Fsp3) is 0.769. The molecule has 16 heavy (non-hydrogen) atoms. The monoisotopic (exact) mass is 221 g/mol. The van der Waals surface area contributed by atoms with E-state index in [0.717, 1.165) is 12.2 Å². The first-order chi connectivity index (χ1) is 7.70. The number of hydrogen-bond acceptors (Lipinski definition) is 2. The molecular formula is C13H23N3. The number of aromatic nitrogens is 2. The molecule has 2 rings (SSSR count). The van der Waals surface area contributed by atoms with E-state index in [2.05, 4.69) is 41.5 Å². The summed E-state index contributed by atoms with van der Waals surface area (Å²) in [5.41, 5.74) is 2.43. The van der Waals surface area contributed by atoms with Crippen molar-refractivity contribution in [2.75, 3.05) is 13.1 Å². The molecule has 0 amide bonds. The number of nitrogens with zero attached hydrogens (tertiary/aromatic N) is 3. The second-order valence-corrected chi connectivity index (χ2v) is 4.94. The molecule has 0 saturated carbocycles. The van der Waals surface area contributed by atoms with Crippen molar-refractivity contribution in [3.05, 3.63) is 17.5 Å². The number of hydrogen-bond donors (Lipinski definition) is 0. The van der Waals surface area contributed by atoms with E-state index in [1.165, 1.54) is 38.0 Å². The summed E-state index contributed by atoms with van der Waals surface area (Å²) in [6.07, 6.45) is 3.94. The summed E-state index contributed by atoms with van der Waals surface area (Å²) in [6.45, 7) is 10.1. The summed E-state index contributed by atoms with van der Waals surface area (Å²) in [7, 11) is 0. The molecule has 2 heterocycles. The zero-order valence-corrected chi connectivity index (χ0v) is 10.7. The standard InChI is InChI=1S/C13H23N3/c1-4-7-15-8-5-6-13(15)10-16-12(3)9-11(2)14-16/h9,13H,4-8,10H2,1-3H3/t13-/m1/s1. The molecular weight excluding hydrogens is 198 g/mol. The van der Waals surface area contributed by atoms with Crippen molar-refractivity contribution in [1.29, 1.82) is 0 Å². The predicted octanol–water partition coefficient (Wildman–Crippen LogP) is 2.37. The SMILES string of the molecule is CCCN1CCC[C@@H]1Cn1nc(C)cc1C. The Balaban J connectivity index is 2.00. The Morgan fingerprint density at radius 3 is 2.88 bits per heavy atom. The summed E-state index contributed by atoms with van der Waals surface area (Å²) in [4.78, 5) is 2.62. The Bertz CT molecular complexity index is 343. The van der Waals surface area contributed by atoms with Gasteiger partial charge >= 0.3 is 0 Å². The Labute approximate surface area is 98.4 Å². The van der Waals surface area contributed by atoms with Gasteiger partial charge in [-0.2, -0.15) is 5.10 Å². The molecule has 0 radical (unpaired) electrons. The second kappa shape index (κ2) is 5.00. The van der Waals surface area contributed by atoms with E-state index in [0.29, 0.717) is 6.04 Å². The fourth-order valence-corrected chi connectivity index (χ4v) is 2.74. The molecule has 0 bridgehead atoms. The van der Waals surface area contributed by atoms with Crippen molar-refractivity contribution in [1.82, 2.24) is 14.7 Å². The number of rotatable bonds is 4. The third-order valence-corrected chi connectivity index (χ3v) is 3.50. The molecule has 3 heteroatoms.